The second kappa shape index (κ2) is 11.8. The van der Waals surface area contributed by atoms with Gasteiger partial charge < -0.3 is 25.3 Å². The SMILES string of the molecule is O=CN[C@@H]1CCCN(Cc2ccnc(C(=O)Nc3ccc(-c4cc5c(N6CCOCC6)nccc5[nH]4)cc3)c2)C1. The fourth-order valence-corrected chi connectivity index (χ4v) is 5.54. The van der Waals surface area contributed by atoms with Crippen LogP contribution in [0.4, 0.5) is 11.5 Å². The van der Waals surface area contributed by atoms with Crippen LogP contribution in [0, 0.1) is 0 Å². The molecular formula is C30H33N7O3. The molecule has 0 spiro atoms. The van der Waals surface area contributed by atoms with Crippen LogP contribution in [0.3, 0.4) is 0 Å². The highest BCUT2D eigenvalue weighted by Crippen LogP contribution is 2.30. The Balaban J connectivity index is 1.12. The molecular weight excluding hydrogens is 506 g/mol. The Labute approximate surface area is 232 Å². The van der Waals surface area contributed by atoms with E-state index in [1.807, 2.05) is 48.7 Å². The van der Waals surface area contributed by atoms with Crippen LogP contribution in [0.5, 0.6) is 0 Å². The van der Waals surface area contributed by atoms with E-state index in [0.29, 0.717) is 31.1 Å². The molecule has 2 amide bonds. The van der Waals surface area contributed by atoms with E-state index in [-0.39, 0.29) is 11.9 Å². The third-order valence-electron chi connectivity index (χ3n) is 7.56. The average molecular weight is 540 g/mol. The highest BCUT2D eigenvalue weighted by atomic mass is 16.5. The lowest BCUT2D eigenvalue weighted by atomic mass is 10.1. The monoisotopic (exact) mass is 539 g/mol. The Morgan fingerprint density at radius 3 is 2.70 bits per heavy atom. The van der Waals surface area contributed by atoms with E-state index in [0.717, 1.165) is 79.0 Å². The third-order valence-corrected chi connectivity index (χ3v) is 7.56. The van der Waals surface area contributed by atoms with E-state index in [2.05, 4.69) is 41.5 Å². The maximum atomic E-state index is 13.0. The highest BCUT2D eigenvalue weighted by Gasteiger charge is 2.20. The number of nitrogens with zero attached hydrogens (tertiary/aromatic N) is 4. The van der Waals surface area contributed by atoms with Crippen LogP contribution in [0.15, 0.2) is 60.9 Å². The molecule has 0 radical (unpaired) electrons. The zero-order valence-corrected chi connectivity index (χ0v) is 22.3. The smallest absolute Gasteiger partial charge is 0.274 e. The summed E-state index contributed by atoms with van der Waals surface area (Å²) in [5, 5.41) is 6.94. The Kier molecular flexibility index (Phi) is 7.69. The molecule has 2 fully saturated rings. The van der Waals surface area contributed by atoms with Gasteiger partial charge in [0.25, 0.3) is 5.91 Å². The van der Waals surface area contributed by atoms with Crippen molar-refractivity contribution in [3.05, 3.63) is 72.2 Å². The minimum atomic E-state index is -0.249. The zero-order valence-electron chi connectivity index (χ0n) is 22.3. The summed E-state index contributed by atoms with van der Waals surface area (Å²) in [6.07, 6.45) is 6.31. The van der Waals surface area contributed by atoms with Gasteiger partial charge in [-0.2, -0.15) is 0 Å². The van der Waals surface area contributed by atoms with Crippen LogP contribution >= 0.6 is 0 Å². The van der Waals surface area contributed by atoms with Crippen LogP contribution in [0.1, 0.15) is 28.9 Å². The van der Waals surface area contributed by atoms with Gasteiger partial charge in [-0.1, -0.05) is 12.1 Å². The van der Waals surface area contributed by atoms with E-state index >= 15 is 0 Å². The number of ether oxygens (including phenoxy) is 1. The predicted octanol–water partition coefficient (Wildman–Crippen LogP) is 3.42. The van der Waals surface area contributed by atoms with E-state index in [1.165, 1.54) is 0 Å². The van der Waals surface area contributed by atoms with Gasteiger partial charge in [-0.3, -0.25) is 19.5 Å². The molecule has 0 bridgehead atoms. The van der Waals surface area contributed by atoms with Crippen molar-refractivity contribution in [2.75, 3.05) is 49.6 Å². The molecule has 6 rings (SSSR count). The van der Waals surface area contributed by atoms with E-state index < -0.39 is 0 Å². The molecule has 1 aromatic carbocycles. The molecule has 4 aromatic rings. The molecule has 10 heteroatoms. The molecule has 0 saturated carbocycles. The Morgan fingerprint density at radius 2 is 1.88 bits per heavy atom. The molecule has 0 unspecified atom stereocenters. The lowest BCUT2D eigenvalue weighted by molar-refractivity contribution is -0.110. The topological polar surface area (TPSA) is 115 Å². The first-order chi connectivity index (χ1) is 19.7. The fraction of sp³-hybridized carbons (Fsp3) is 0.333. The number of hydrogen-bond acceptors (Lipinski definition) is 7. The summed E-state index contributed by atoms with van der Waals surface area (Å²) in [6.45, 7) is 5.56. The van der Waals surface area contributed by atoms with Gasteiger partial charge in [0.05, 0.1) is 18.7 Å². The zero-order chi connectivity index (χ0) is 27.3. The van der Waals surface area contributed by atoms with Crippen molar-refractivity contribution in [2.45, 2.75) is 25.4 Å². The average Bonchev–Trinajstić information content (AvgIpc) is 3.43. The Hall–Kier alpha value is -4.28. The minimum Gasteiger partial charge on any atom is -0.378 e. The number of amides is 2. The van der Waals surface area contributed by atoms with Crippen LogP contribution in [-0.2, 0) is 16.1 Å². The van der Waals surface area contributed by atoms with Gasteiger partial charge in [0.15, 0.2) is 0 Å². The van der Waals surface area contributed by atoms with Crippen molar-refractivity contribution in [1.29, 1.82) is 0 Å². The number of benzene rings is 1. The predicted molar refractivity (Wildman–Crippen MR) is 154 cm³/mol. The summed E-state index contributed by atoms with van der Waals surface area (Å²) in [6, 6.07) is 15.9. The fourth-order valence-electron chi connectivity index (χ4n) is 5.54. The molecule has 1 atom stereocenters. The molecule has 2 saturated heterocycles. The number of morpholine rings is 1. The number of fused-ring (bicyclic) bond motifs is 1. The lowest BCUT2D eigenvalue weighted by Gasteiger charge is -2.32. The van der Waals surface area contributed by atoms with Crippen molar-refractivity contribution < 1.29 is 14.3 Å². The van der Waals surface area contributed by atoms with E-state index in [9.17, 15) is 9.59 Å². The number of anilines is 2. The quantitative estimate of drug-likeness (QED) is 0.294. The van der Waals surface area contributed by atoms with Crippen LogP contribution in [-0.4, -0.2) is 77.6 Å². The third kappa shape index (κ3) is 5.83. The maximum absolute atomic E-state index is 13.0. The molecule has 3 aromatic heterocycles. The summed E-state index contributed by atoms with van der Waals surface area (Å²) < 4.78 is 5.50. The largest absolute Gasteiger partial charge is 0.378 e. The maximum Gasteiger partial charge on any atom is 0.274 e. The molecule has 206 valence electrons. The number of H-pyrrole nitrogens is 1. The first kappa shape index (κ1) is 26.0. The second-order valence-corrected chi connectivity index (χ2v) is 10.3. The standard InChI is InChI=1S/C30H33N7O3/c38-20-33-24-2-1-11-36(19-24)18-21-7-9-31-28(16-21)30(39)34-23-5-3-22(4-6-23)27-17-25-26(35-27)8-10-32-29(25)37-12-14-40-15-13-37/h3-10,16-17,20,24,35H,1-2,11-15,18-19H2,(H,33,38)(H,34,39)/t24-/m1/s1. The summed E-state index contributed by atoms with van der Waals surface area (Å²) in [7, 11) is 0. The van der Waals surface area contributed by atoms with Gasteiger partial charge >= 0.3 is 0 Å². The van der Waals surface area contributed by atoms with Crippen molar-refractivity contribution in [2.24, 2.45) is 0 Å². The van der Waals surface area contributed by atoms with Gasteiger partial charge in [0, 0.05) is 61.4 Å². The van der Waals surface area contributed by atoms with Crippen LogP contribution in [0.2, 0.25) is 0 Å². The van der Waals surface area contributed by atoms with Crippen molar-refractivity contribution in [1.82, 2.24) is 25.2 Å². The number of rotatable bonds is 8. The van der Waals surface area contributed by atoms with Gasteiger partial charge in [-0.15, -0.1) is 0 Å². The molecule has 40 heavy (non-hydrogen) atoms. The molecule has 10 nitrogen and oxygen atoms in total. The Morgan fingerprint density at radius 1 is 1.05 bits per heavy atom. The summed E-state index contributed by atoms with van der Waals surface area (Å²) >= 11 is 0. The highest BCUT2D eigenvalue weighted by molar-refractivity contribution is 6.03. The molecule has 2 aliphatic heterocycles. The number of likely N-dealkylation sites (tertiary alicyclic amines) is 1. The van der Waals surface area contributed by atoms with Crippen molar-refractivity contribution >= 4 is 34.7 Å². The van der Waals surface area contributed by atoms with Crippen LogP contribution in [0.25, 0.3) is 22.2 Å². The lowest BCUT2D eigenvalue weighted by Crippen LogP contribution is -2.44. The number of hydrogen-bond donors (Lipinski definition) is 3. The number of nitrogens with one attached hydrogen (secondary N) is 3. The number of piperidine rings is 1. The molecule has 2 aliphatic rings. The number of carbonyl (C=O) groups is 2. The number of aromatic nitrogens is 3. The molecule has 0 aliphatic carbocycles. The number of aromatic amines is 1. The number of carbonyl (C=O) groups excluding carboxylic acids is 2. The normalized spacial score (nSPS) is 18.0. The summed E-state index contributed by atoms with van der Waals surface area (Å²) in [4.78, 5) is 40.8. The summed E-state index contributed by atoms with van der Waals surface area (Å²) in [5.74, 6) is 0.722. The van der Waals surface area contributed by atoms with Gasteiger partial charge in [-0.25, -0.2) is 4.98 Å². The van der Waals surface area contributed by atoms with Gasteiger partial charge in [0.2, 0.25) is 6.41 Å². The van der Waals surface area contributed by atoms with E-state index in [4.69, 9.17) is 4.74 Å². The molecule has 3 N–H and O–H groups in total. The number of pyridine rings is 2. The van der Waals surface area contributed by atoms with Crippen molar-refractivity contribution in [3.8, 4) is 11.3 Å². The minimum absolute atomic E-state index is 0.173. The first-order valence-electron chi connectivity index (χ1n) is 13.8. The Bertz CT molecular complexity index is 1480. The van der Waals surface area contributed by atoms with Gasteiger partial charge in [0.1, 0.15) is 11.5 Å². The van der Waals surface area contributed by atoms with E-state index in [1.54, 1.807) is 6.20 Å². The van der Waals surface area contributed by atoms with Crippen LogP contribution < -0.4 is 15.5 Å². The van der Waals surface area contributed by atoms with Gasteiger partial charge in [-0.05, 0) is 66.9 Å². The second-order valence-electron chi connectivity index (χ2n) is 10.3. The van der Waals surface area contributed by atoms with Crippen molar-refractivity contribution in [3.63, 3.8) is 0 Å². The molecule has 5 heterocycles. The first-order valence-corrected chi connectivity index (χ1v) is 13.8. The summed E-state index contributed by atoms with van der Waals surface area (Å²) in [5.41, 5.74) is 5.15.